The Labute approximate surface area is 185 Å². The van der Waals surface area contributed by atoms with E-state index in [1.807, 2.05) is 19.1 Å². The first kappa shape index (κ1) is 21.0. The first-order valence-electron chi connectivity index (χ1n) is 9.68. The van der Waals surface area contributed by atoms with Crippen LogP contribution >= 0.6 is 27.3 Å². The van der Waals surface area contributed by atoms with Gasteiger partial charge in [-0.2, -0.15) is 0 Å². The molecule has 0 bridgehead atoms. The molecule has 2 heterocycles. The van der Waals surface area contributed by atoms with Gasteiger partial charge < -0.3 is 15.0 Å². The second kappa shape index (κ2) is 8.85. The molecule has 1 fully saturated rings. The van der Waals surface area contributed by atoms with Gasteiger partial charge in [-0.3, -0.25) is 4.79 Å². The van der Waals surface area contributed by atoms with E-state index in [0.717, 1.165) is 37.7 Å². The first-order valence-corrected chi connectivity index (χ1v) is 11.3. The van der Waals surface area contributed by atoms with Crippen molar-refractivity contribution < 1.29 is 18.3 Å². The lowest BCUT2D eigenvalue weighted by atomic mass is 9.96. The molecule has 2 aromatic carbocycles. The number of ether oxygens (including phenoxy) is 1. The highest BCUT2D eigenvalue weighted by molar-refractivity contribution is 9.10. The van der Waals surface area contributed by atoms with Crippen LogP contribution in [0.3, 0.4) is 0 Å². The third-order valence-electron chi connectivity index (χ3n) is 5.06. The number of fused-ring (bicyclic) bond motifs is 1. The molecule has 0 spiro atoms. The number of amides is 1. The van der Waals surface area contributed by atoms with Crippen molar-refractivity contribution in [3.05, 3.63) is 46.4 Å². The molecular formula is C21H20BrF2N3O2S. The summed E-state index contributed by atoms with van der Waals surface area (Å²) in [5, 5.41) is 3.49. The molecule has 1 aliphatic heterocycles. The zero-order valence-corrected chi connectivity index (χ0v) is 18.7. The number of benzene rings is 2. The van der Waals surface area contributed by atoms with E-state index in [9.17, 15) is 13.6 Å². The molecule has 3 aromatic rings. The van der Waals surface area contributed by atoms with E-state index in [4.69, 9.17) is 9.72 Å². The van der Waals surface area contributed by atoms with Gasteiger partial charge in [-0.25, -0.2) is 13.8 Å². The van der Waals surface area contributed by atoms with Crippen molar-refractivity contribution >= 4 is 54.2 Å². The number of carbonyl (C=O) groups is 1. The molecule has 158 valence electrons. The number of halogens is 3. The van der Waals surface area contributed by atoms with Gasteiger partial charge in [0.1, 0.15) is 17.4 Å². The molecule has 0 radical (unpaired) electrons. The standard InChI is InChI=1S/C21H20BrF2N3O2S/c1-2-29-18-11-19-17(10-14(18)22)26-21(30-19)27-7-5-12(6-8-27)20(28)25-16-4-3-13(23)9-15(16)24/h3-4,9-12H,2,5-8H2,1H3,(H,25,28). The maximum atomic E-state index is 13.8. The van der Waals surface area contributed by atoms with Crippen LogP contribution in [0.15, 0.2) is 34.8 Å². The Balaban J connectivity index is 1.41. The summed E-state index contributed by atoms with van der Waals surface area (Å²) in [6.45, 7) is 3.90. The van der Waals surface area contributed by atoms with E-state index < -0.39 is 11.6 Å². The molecule has 0 aliphatic carbocycles. The second-order valence-corrected chi connectivity index (χ2v) is 8.92. The Kier molecular flexibility index (Phi) is 6.19. The fourth-order valence-electron chi connectivity index (χ4n) is 3.48. The molecule has 0 saturated carbocycles. The molecule has 0 unspecified atom stereocenters. The summed E-state index contributed by atoms with van der Waals surface area (Å²) in [7, 11) is 0. The lowest BCUT2D eigenvalue weighted by Crippen LogP contribution is -2.38. The summed E-state index contributed by atoms with van der Waals surface area (Å²) in [6.07, 6.45) is 1.27. The number of hydrogen-bond donors (Lipinski definition) is 1. The molecule has 1 saturated heterocycles. The molecule has 9 heteroatoms. The Bertz CT molecular complexity index is 1080. The van der Waals surface area contributed by atoms with Crippen LogP contribution < -0.4 is 15.0 Å². The third-order valence-corrected chi connectivity index (χ3v) is 6.75. The van der Waals surface area contributed by atoms with Crippen molar-refractivity contribution in [2.24, 2.45) is 5.92 Å². The number of anilines is 2. The second-order valence-electron chi connectivity index (χ2n) is 7.05. The first-order chi connectivity index (χ1) is 14.4. The van der Waals surface area contributed by atoms with Crippen LogP contribution in [0.4, 0.5) is 19.6 Å². The quantitative estimate of drug-likeness (QED) is 0.501. The topological polar surface area (TPSA) is 54.5 Å². The molecule has 30 heavy (non-hydrogen) atoms. The Hall–Kier alpha value is -2.26. The van der Waals surface area contributed by atoms with E-state index in [2.05, 4.69) is 26.1 Å². The largest absolute Gasteiger partial charge is 0.493 e. The van der Waals surface area contributed by atoms with E-state index in [0.29, 0.717) is 32.5 Å². The number of nitrogens with one attached hydrogen (secondary N) is 1. The molecule has 1 amide bonds. The van der Waals surface area contributed by atoms with Crippen LogP contribution in [-0.4, -0.2) is 30.6 Å². The number of hydrogen-bond acceptors (Lipinski definition) is 5. The van der Waals surface area contributed by atoms with E-state index in [1.165, 1.54) is 6.07 Å². The fourth-order valence-corrected chi connectivity index (χ4v) is 4.95. The minimum atomic E-state index is -0.771. The lowest BCUT2D eigenvalue weighted by molar-refractivity contribution is -0.120. The van der Waals surface area contributed by atoms with Gasteiger partial charge in [-0.15, -0.1) is 0 Å². The number of thiazole rings is 1. The van der Waals surface area contributed by atoms with Crippen molar-refractivity contribution in [2.75, 3.05) is 29.9 Å². The van der Waals surface area contributed by atoms with Gasteiger partial charge in [-0.05, 0) is 53.9 Å². The number of piperidine rings is 1. The van der Waals surface area contributed by atoms with Crippen molar-refractivity contribution in [3.8, 4) is 5.75 Å². The average molecular weight is 496 g/mol. The minimum Gasteiger partial charge on any atom is -0.493 e. The highest BCUT2D eigenvalue weighted by Gasteiger charge is 2.27. The van der Waals surface area contributed by atoms with Crippen LogP contribution in [0.25, 0.3) is 10.2 Å². The summed E-state index contributed by atoms with van der Waals surface area (Å²) >= 11 is 5.11. The predicted octanol–water partition coefficient (Wildman–Crippen LogP) is 5.59. The predicted molar refractivity (Wildman–Crippen MR) is 118 cm³/mol. The maximum Gasteiger partial charge on any atom is 0.227 e. The number of carbonyl (C=O) groups excluding carboxylic acids is 1. The van der Waals surface area contributed by atoms with Crippen LogP contribution in [0, 0.1) is 17.6 Å². The summed E-state index contributed by atoms with van der Waals surface area (Å²) in [6, 6.07) is 7.08. The monoisotopic (exact) mass is 495 g/mol. The molecule has 0 atom stereocenters. The smallest absolute Gasteiger partial charge is 0.227 e. The highest BCUT2D eigenvalue weighted by Crippen LogP contribution is 2.37. The maximum absolute atomic E-state index is 13.8. The van der Waals surface area contributed by atoms with Crippen molar-refractivity contribution in [1.82, 2.24) is 4.98 Å². The van der Waals surface area contributed by atoms with Gasteiger partial charge in [0.25, 0.3) is 0 Å². The summed E-state index contributed by atoms with van der Waals surface area (Å²) < 4.78 is 34.4. The molecular weight excluding hydrogens is 476 g/mol. The molecule has 1 aliphatic rings. The normalized spacial score (nSPS) is 14.9. The zero-order valence-electron chi connectivity index (χ0n) is 16.3. The Morgan fingerprint density at radius 1 is 1.30 bits per heavy atom. The molecule has 1 N–H and O–H groups in total. The van der Waals surface area contributed by atoms with Gasteiger partial charge in [0.15, 0.2) is 5.13 Å². The summed E-state index contributed by atoms with van der Waals surface area (Å²) in [5.41, 5.74) is 0.905. The van der Waals surface area contributed by atoms with Gasteiger partial charge in [0, 0.05) is 31.1 Å². The lowest BCUT2D eigenvalue weighted by Gasteiger charge is -2.31. The van der Waals surface area contributed by atoms with Gasteiger partial charge in [0.2, 0.25) is 5.91 Å². The van der Waals surface area contributed by atoms with E-state index in [1.54, 1.807) is 11.3 Å². The molecule has 5 nitrogen and oxygen atoms in total. The fraction of sp³-hybridized carbons (Fsp3) is 0.333. The summed E-state index contributed by atoms with van der Waals surface area (Å²) in [5.74, 6) is -1.11. The summed E-state index contributed by atoms with van der Waals surface area (Å²) in [4.78, 5) is 19.4. The highest BCUT2D eigenvalue weighted by atomic mass is 79.9. The Morgan fingerprint density at radius 3 is 2.77 bits per heavy atom. The van der Waals surface area contributed by atoms with Gasteiger partial charge in [0.05, 0.1) is 27.0 Å². The molecule has 4 rings (SSSR count). The number of rotatable bonds is 5. The molecule has 1 aromatic heterocycles. The SMILES string of the molecule is CCOc1cc2sc(N3CCC(C(=O)Nc4ccc(F)cc4F)CC3)nc2cc1Br. The van der Waals surface area contributed by atoms with Crippen LogP contribution in [0.5, 0.6) is 5.75 Å². The van der Waals surface area contributed by atoms with Crippen molar-refractivity contribution in [2.45, 2.75) is 19.8 Å². The van der Waals surface area contributed by atoms with Gasteiger partial charge >= 0.3 is 0 Å². The van der Waals surface area contributed by atoms with Gasteiger partial charge in [-0.1, -0.05) is 11.3 Å². The van der Waals surface area contributed by atoms with Crippen LogP contribution in [0.1, 0.15) is 19.8 Å². The van der Waals surface area contributed by atoms with E-state index >= 15 is 0 Å². The Morgan fingerprint density at radius 2 is 2.07 bits per heavy atom. The van der Waals surface area contributed by atoms with Crippen LogP contribution in [-0.2, 0) is 4.79 Å². The number of nitrogens with zero attached hydrogens (tertiary/aromatic N) is 2. The number of aromatic nitrogens is 1. The van der Waals surface area contributed by atoms with Crippen LogP contribution in [0.2, 0.25) is 0 Å². The average Bonchev–Trinajstić information content (AvgIpc) is 3.13. The van der Waals surface area contributed by atoms with E-state index in [-0.39, 0.29) is 17.5 Å². The van der Waals surface area contributed by atoms with Crippen molar-refractivity contribution in [1.29, 1.82) is 0 Å². The third kappa shape index (κ3) is 4.41. The van der Waals surface area contributed by atoms with Crippen molar-refractivity contribution in [3.63, 3.8) is 0 Å². The zero-order chi connectivity index (χ0) is 21.3. The minimum absolute atomic E-state index is 0.00526.